The molecule has 0 radical (unpaired) electrons. The summed E-state index contributed by atoms with van der Waals surface area (Å²) < 4.78 is 6.95. The highest BCUT2D eigenvalue weighted by molar-refractivity contribution is 5.46. The van der Waals surface area contributed by atoms with Gasteiger partial charge in [0, 0.05) is 19.8 Å². The molecule has 0 saturated heterocycles. The number of aryl methyl sites for hydroxylation is 1. The molecule has 0 aliphatic rings. The Hall–Kier alpha value is -1.69. The topological polar surface area (TPSA) is 82.8 Å². The second-order valence-corrected chi connectivity index (χ2v) is 4.42. The first-order chi connectivity index (χ1) is 8.11. The minimum Gasteiger partial charge on any atom is -0.339 e. The molecule has 2 rings (SSSR count). The van der Waals surface area contributed by atoms with Crippen LogP contribution in [0.1, 0.15) is 25.7 Å². The van der Waals surface area contributed by atoms with Gasteiger partial charge in [-0.25, -0.2) is 0 Å². The number of hydrogen-bond donors (Lipinski definition) is 1. The first-order valence-corrected chi connectivity index (χ1v) is 5.65. The van der Waals surface area contributed by atoms with E-state index in [1.807, 2.05) is 19.3 Å². The lowest BCUT2D eigenvalue weighted by molar-refractivity contribution is 0.324. The fourth-order valence-electron chi connectivity index (χ4n) is 1.68. The van der Waals surface area contributed by atoms with Crippen LogP contribution in [-0.2, 0) is 7.05 Å². The maximum atomic E-state index is 5.71. The fraction of sp³-hybridized carbons (Fsp3) is 0.545. The molecular weight excluding hydrogens is 218 g/mol. The van der Waals surface area contributed by atoms with E-state index in [0.29, 0.717) is 29.9 Å². The minimum absolute atomic E-state index is 0.0972. The van der Waals surface area contributed by atoms with Crippen molar-refractivity contribution in [2.75, 3.05) is 6.54 Å². The molecule has 1 unspecified atom stereocenters. The van der Waals surface area contributed by atoms with Crippen molar-refractivity contribution in [3.63, 3.8) is 0 Å². The van der Waals surface area contributed by atoms with Gasteiger partial charge in [-0.15, -0.1) is 0 Å². The second kappa shape index (κ2) is 4.67. The zero-order valence-electron chi connectivity index (χ0n) is 10.3. The van der Waals surface area contributed by atoms with E-state index in [4.69, 9.17) is 10.3 Å². The molecule has 6 heteroatoms. The van der Waals surface area contributed by atoms with Crippen molar-refractivity contribution in [1.29, 1.82) is 0 Å². The molecule has 6 nitrogen and oxygen atoms in total. The lowest BCUT2D eigenvalue weighted by atomic mass is 9.96. The maximum absolute atomic E-state index is 5.71. The summed E-state index contributed by atoms with van der Waals surface area (Å²) in [5, 5.41) is 8.16. The summed E-state index contributed by atoms with van der Waals surface area (Å²) in [6.45, 7) is 4.67. The first kappa shape index (κ1) is 11.8. The van der Waals surface area contributed by atoms with Crippen molar-refractivity contribution in [2.24, 2.45) is 18.7 Å². The van der Waals surface area contributed by atoms with E-state index in [9.17, 15) is 0 Å². The molecule has 1 atom stereocenters. The van der Waals surface area contributed by atoms with Crippen LogP contribution < -0.4 is 5.73 Å². The third kappa shape index (κ3) is 2.36. The van der Waals surface area contributed by atoms with E-state index in [2.05, 4.69) is 29.1 Å². The van der Waals surface area contributed by atoms with Crippen molar-refractivity contribution >= 4 is 0 Å². The zero-order valence-corrected chi connectivity index (χ0v) is 10.3. The lowest BCUT2D eigenvalue weighted by Gasteiger charge is -2.13. The van der Waals surface area contributed by atoms with E-state index < -0.39 is 0 Å². The molecule has 2 N–H and O–H groups in total. The zero-order chi connectivity index (χ0) is 12.4. The van der Waals surface area contributed by atoms with Crippen molar-refractivity contribution < 1.29 is 4.52 Å². The molecule has 2 aromatic heterocycles. The predicted octanol–water partition coefficient (Wildman–Crippen LogP) is 1.17. The first-order valence-electron chi connectivity index (χ1n) is 5.65. The Labute approximate surface area is 99.8 Å². The molecule has 0 aliphatic carbocycles. The van der Waals surface area contributed by atoms with Gasteiger partial charge in [0.15, 0.2) is 0 Å². The number of hydrogen-bond acceptors (Lipinski definition) is 5. The van der Waals surface area contributed by atoms with Crippen LogP contribution in [0.4, 0.5) is 0 Å². The van der Waals surface area contributed by atoms with Crippen LogP contribution in [0.25, 0.3) is 11.5 Å². The largest absolute Gasteiger partial charge is 0.339 e. The summed E-state index contributed by atoms with van der Waals surface area (Å²) in [6, 6.07) is 1.85. The van der Waals surface area contributed by atoms with Gasteiger partial charge in [-0.05, 0) is 12.0 Å². The van der Waals surface area contributed by atoms with Gasteiger partial charge >= 0.3 is 0 Å². The fourth-order valence-corrected chi connectivity index (χ4v) is 1.68. The Morgan fingerprint density at radius 2 is 2.24 bits per heavy atom. The quantitative estimate of drug-likeness (QED) is 0.860. The van der Waals surface area contributed by atoms with Gasteiger partial charge in [0.25, 0.3) is 0 Å². The van der Waals surface area contributed by atoms with Crippen LogP contribution in [0.3, 0.4) is 0 Å². The Kier molecular flexibility index (Phi) is 3.23. The van der Waals surface area contributed by atoms with Gasteiger partial charge in [0.05, 0.1) is 5.92 Å². The molecule has 0 bridgehead atoms. The summed E-state index contributed by atoms with van der Waals surface area (Å²) >= 11 is 0. The van der Waals surface area contributed by atoms with Gasteiger partial charge in [-0.2, -0.15) is 10.1 Å². The number of rotatable bonds is 4. The lowest BCUT2D eigenvalue weighted by Crippen LogP contribution is -2.18. The van der Waals surface area contributed by atoms with Crippen LogP contribution in [0.2, 0.25) is 0 Å². The minimum atomic E-state index is 0.0972. The van der Waals surface area contributed by atoms with Crippen LogP contribution in [-0.4, -0.2) is 26.5 Å². The number of nitrogens with two attached hydrogens (primary N) is 1. The average molecular weight is 235 g/mol. The van der Waals surface area contributed by atoms with E-state index in [-0.39, 0.29) is 5.92 Å². The van der Waals surface area contributed by atoms with Crippen molar-refractivity contribution in [1.82, 2.24) is 19.9 Å². The highest BCUT2D eigenvalue weighted by atomic mass is 16.5. The summed E-state index contributed by atoms with van der Waals surface area (Å²) in [5.74, 6) is 1.57. The second-order valence-electron chi connectivity index (χ2n) is 4.42. The highest BCUT2D eigenvalue weighted by Gasteiger charge is 2.21. The SMILES string of the molecule is CC(C)C(CN)c1nc(-c2ccn(C)n2)no1. The van der Waals surface area contributed by atoms with E-state index in [1.165, 1.54) is 0 Å². The van der Waals surface area contributed by atoms with Crippen molar-refractivity contribution in [3.8, 4) is 11.5 Å². The van der Waals surface area contributed by atoms with Gasteiger partial charge in [-0.1, -0.05) is 19.0 Å². The normalized spacial score (nSPS) is 13.2. The molecule has 92 valence electrons. The van der Waals surface area contributed by atoms with E-state index in [1.54, 1.807) is 4.68 Å². The molecule has 0 aromatic carbocycles. The van der Waals surface area contributed by atoms with Gasteiger partial charge < -0.3 is 10.3 Å². The Bertz CT molecular complexity index is 488. The van der Waals surface area contributed by atoms with Gasteiger partial charge in [-0.3, -0.25) is 4.68 Å². The van der Waals surface area contributed by atoms with Crippen molar-refractivity contribution in [3.05, 3.63) is 18.2 Å². The van der Waals surface area contributed by atoms with E-state index in [0.717, 1.165) is 0 Å². The summed E-state index contributed by atoms with van der Waals surface area (Å²) in [7, 11) is 1.85. The molecule has 2 heterocycles. The predicted molar refractivity (Wildman–Crippen MR) is 63.1 cm³/mol. The molecule has 0 aliphatic heterocycles. The average Bonchev–Trinajstić information content (AvgIpc) is 2.87. The molecule has 2 aromatic rings. The molecule has 0 amide bonds. The smallest absolute Gasteiger partial charge is 0.231 e. The Morgan fingerprint density at radius 3 is 2.76 bits per heavy atom. The van der Waals surface area contributed by atoms with Gasteiger partial charge in [0.1, 0.15) is 5.69 Å². The monoisotopic (exact) mass is 235 g/mol. The summed E-state index contributed by atoms with van der Waals surface area (Å²) in [6.07, 6.45) is 1.84. The highest BCUT2D eigenvalue weighted by Crippen LogP contribution is 2.23. The Morgan fingerprint density at radius 1 is 1.47 bits per heavy atom. The standard InChI is InChI=1S/C11H17N5O/c1-7(2)8(6-12)11-13-10(15-17-11)9-4-5-16(3)14-9/h4-5,7-8H,6,12H2,1-3H3. The van der Waals surface area contributed by atoms with Crippen LogP contribution in [0, 0.1) is 5.92 Å². The number of aromatic nitrogens is 4. The summed E-state index contributed by atoms with van der Waals surface area (Å²) in [4.78, 5) is 4.35. The molecule has 17 heavy (non-hydrogen) atoms. The van der Waals surface area contributed by atoms with Crippen LogP contribution >= 0.6 is 0 Å². The third-order valence-electron chi connectivity index (χ3n) is 2.76. The van der Waals surface area contributed by atoms with Crippen LogP contribution in [0.15, 0.2) is 16.8 Å². The number of nitrogens with zero attached hydrogens (tertiary/aromatic N) is 4. The molecule has 0 spiro atoms. The van der Waals surface area contributed by atoms with Crippen LogP contribution in [0.5, 0.6) is 0 Å². The van der Waals surface area contributed by atoms with Crippen molar-refractivity contribution in [2.45, 2.75) is 19.8 Å². The third-order valence-corrected chi connectivity index (χ3v) is 2.76. The maximum Gasteiger partial charge on any atom is 0.231 e. The van der Waals surface area contributed by atoms with E-state index >= 15 is 0 Å². The summed E-state index contributed by atoms with van der Waals surface area (Å²) in [5.41, 5.74) is 6.42. The molecular formula is C11H17N5O. The molecule has 0 saturated carbocycles. The van der Waals surface area contributed by atoms with Gasteiger partial charge in [0.2, 0.25) is 11.7 Å². The Balaban J connectivity index is 2.26. The molecule has 0 fully saturated rings.